The lowest BCUT2D eigenvalue weighted by atomic mass is 10.0. The van der Waals surface area contributed by atoms with E-state index >= 15 is 0 Å². The van der Waals surface area contributed by atoms with Crippen molar-refractivity contribution in [2.75, 3.05) is 31.1 Å². The van der Waals surface area contributed by atoms with E-state index in [9.17, 15) is 9.59 Å². The topological polar surface area (TPSA) is 56.4 Å². The number of H-pyrrole nitrogens is 1. The minimum Gasteiger partial charge on any atom is -0.368 e. The van der Waals surface area contributed by atoms with Crippen LogP contribution in [0, 0.1) is 13.8 Å². The fourth-order valence-electron chi connectivity index (χ4n) is 3.99. The van der Waals surface area contributed by atoms with E-state index in [1.807, 2.05) is 11.8 Å². The molecule has 0 spiro atoms. The van der Waals surface area contributed by atoms with Gasteiger partial charge in [0.2, 0.25) is 0 Å². The van der Waals surface area contributed by atoms with E-state index in [2.05, 4.69) is 48.0 Å². The van der Waals surface area contributed by atoms with Crippen molar-refractivity contribution in [3.63, 3.8) is 0 Å². The van der Waals surface area contributed by atoms with Gasteiger partial charge in [0, 0.05) is 43.1 Å². The van der Waals surface area contributed by atoms with E-state index < -0.39 is 0 Å². The predicted octanol–water partition coefficient (Wildman–Crippen LogP) is 3.75. The highest BCUT2D eigenvalue weighted by Gasteiger charge is 2.28. The number of rotatable bonds is 5. The molecule has 1 fully saturated rings. The zero-order chi connectivity index (χ0) is 19.6. The summed E-state index contributed by atoms with van der Waals surface area (Å²) in [5.74, 6) is 0.0356. The van der Waals surface area contributed by atoms with Crippen molar-refractivity contribution in [1.82, 2.24) is 9.88 Å². The fraction of sp³-hybridized carbons (Fsp3) is 0.455. The van der Waals surface area contributed by atoms with Crippen LogP contribution in [-0.2, 0) is 6.42 Å². The van der Waals surface area contributed by atoms with Crippen molar-refractivity contribution in [3.05, 3.63) is 52.3 Å². The highest BCUT2D eigenvalue weighted by atomic mass is 16.2. The molecule has 1 aromatic heterocycles. The number of nitrogens with one attached hydrogen (secondary N) is 1. The number of benzene rings is 1. The second-order valence-corrected chi connectivity index (χ2v) is 7.40. The van der Waals surface area contributed by atoms with Gasteiger partial charge in [-0.3, -0.25) is 9.59 Å². The van der Waals surface area contributed by atoms with Crippen LogP contribution in [0.3, 0.4) is 0 Å². The Kier molecular flexibility index (Phi) is 5.68. The van der Waals surface area contributed by atoms with Crippen LogP contribution in [0.2, 0.25) is 0 Å². The maximum absolute atomic E-state index is 13.1. The summed E-state index contributed by atoms with van der Waals surface area (Å²) in [7, 11) is 0. The number of nitrogens with zero attached hydrogens (tertiary/aromatic N) is 2. The third kappa shape index (κ3) is 3.92. The first-order chi connectivity index (χ1) is 12.9. The summed E-state index contributed by atoms with van der Waals surface area (Å²) in [5, 5.41) is 0. The van der Waals surface area contributed by atoms with E-state index in [0.29, 0.717) is 24.3 Å². The number of aromatic amines is 1. The normalized spacial score (nSPS) is 14.5. The summed E-state index contributed by atoms with van der Waals surface area (Å²) in [4.78, 5) is 32.6. The lowest BCUT2D eigenvalue weighted by molar-refractivity contribution is 0.0740. The number of hydrogen-bond donors (Lipinski definition) is 1. The second-order valence-electron chi connectivity index (χ2n) is 7.40. The molecule has 5 heteroatoms. The summed E-state index contributed by atoms with van der Waals surface area (Å²) < 4.78 is 0. The SMILES string of the molecule is CCCc1c(C(=O)N2CCN(c3cccc(C)c3)CC2)[nH]c(C)c1C(C)=O. The van der Waals surface area contributed by atoms with Crippen LogP contribution < -0.4 is 4.90 Å². The summed E-state index contributed by atoms with van der Waals surface area (Å²) in [6.07, 6.45) is 1.64. The summed E-state index contributed by atoms with van der Waals surface area (Å²) >= 11 is 0. The minimum atomic E-state index is 0.0120. The number of hydrogen-bond acceptors (Lipinski definition) is 3. The van der Waals surface area contributed by atoms with Gasteiger partial charge in [0.25, 0.3) is 5.91 Å². The molecule has 0 atom stereocenters. The molecule has 0 bridgehead atoms. The first-order valence-electron chi connectivity index (χ1n) is 9.75. The number of carbonyl (C=O) groups is 2. The molecule has 1 aliphatic heterocycles. The minimum absolute atomic E-state index is 0.0120. The molecule has 5 nitrogen and oxygen atoms in total. The van der Waals surface area contributed by atoms with E-state index in [4.69, 9.17) is 0 Å². The number of amides is 1. The number of aromatic nitrogens is 1. The Morgan fingerprint density at radius 3 is 2.41 bits per heavy atom. The van der Waals surface area contributed by atoms with Crippen molar-refractivity contribution in [1.29, 1.82) is 0 Å². The highest BCUT2D eigenvalue weighted by molar-refractivity contribution is 6.02. The standard InChI is InChI=1S/C22H29N3O2/c1-5-7-19-20(17(4)26)16(3)23-21(19)22(27)25-12-10-24(11-13-25)18-9-6-8-15(2)14-18/h6,8-9,14,23H,5,7,10-13H2,1-4H3. The number of anilines is 1. The molecular weight excluding hydrogens is 338 g/mol. The van der Waals surface area contributed by atoms with Crippen molar-refractivity contribution < 1.29 is 9.59 Å². The Bertz CT molecular complexity index is 845. The maximum atomic E-state index is 13.1. The zero-order valence-electron chi connectivity index (χ0n) is 16.8. The van der Waals surface area contributed by atoms with E-state index in [1.54, 1.807) is 6.92 Å². The van der Waals surface area contributed by atoms with Gasteiger partial charge in [0.15, 0.2) is 5.78 Å². The van der Waals surface area contributed by atoms with E-state index in [-0.39, 0.29) is 11.7 Å². The smallest absolute Gasteiger partial charge is 0.270 e. The Balaban J connectivity index is 1.76. The molecule has 2 heterocycles. The molecule has 0 radical (unpaired) electrons. The Morgan fingerprint density at radius 1 is 1.11 bits per heavy atom. The number of aryl methyl sites for hydroxylation is 2. The number of Topliss-reactive ketones (excluding diaryl/α,β-unsaturated/α-hetero) is 1. The van der Waals surface area contributed by atoms with Gasteiger partial charge >= 0.3 is 0 Å². The molecule has 3 rings (SSSR count). The molecule has 0 unspecified atom stereocenters. The number of carbonyl (C=O) groups excluding carboxylic acids is 2. The van der Waals surface area contributed by atoms with Crippen LogP contribution in [0.1, 0.15) is 57.9 Å². The second kappa shape index (κ2) is 7.99. The first kappa shape index (κ1) is 19.2. The van der Waals surface area contributed by atoms with Crippen LogP contribution in [-0.4, -0.2) is 47.8 Å². The van der Waals surface area contributed by atoms with Gasteiger partial charge in [-0.2, -0.15) is 0 Å². The monoisotopic (exact) mass is 367 g/mol. The summed E-state index contributed by atoms with van der Waals surface area (Å²) in [5.41, 5.74) is 5.43. The van der Waals surface area contributed by atoms with E-state index in [0.717, 1.165) is 37.2 Å². The quantitative estimate of drug-likeness (QED) is 0.819. The predicted molar refractivity (Wildman–Crippen MR) is 109 cm³/mol. The largest absolute Gasteiger partial charge is 0.368 e. The summed E-state index contributed by atoms with van der Waals surface area (Å²) in [6.45, 7) is 10.6. The Labute approximate surface area is 161 Å². The van der Waals surface area contributed by atoms with E-state index in [1.165, 1.54) is 11.3 Å². The number of piperazine rings is 1. The van der Waals surface area contributed by atoms with Gasteiger partial charge in [-0.1, -0.05) is 25.5 Å². The molecule has 1 aromatic carbocycles. The highest BCUT2D eigenvalue weighted by Crippen LogP contribution is 2.24. The van der Waals surface area contributed by atoms with Crippen LogP contribution in [0.15, 0.2) is 24.3 Å². The molecule has 0 saturated carbocycles. The average molecular weight is 367 g/mol. The van der Waals surface area contributed by atoms with Gasteiger partial charge in [-0.25, -0.2) is 0 Å². The van der Waals surface area contributed by atoms with Gasteiger partial charge in [-0.05, 0) is 50.5 Å². The molecular formula is C22H29N3O2. The molecule has 144 valence electrons. The van der Waals surface area contributed by atoms with Crippen molar-refractivity contribution in [2.24, 2.45) is 0 Å². The molecule has 1 aliphatic rings. The van der Waals surface area contributed by atoms with Crippen molar-refractivity contribution in [2.45, 2.75) is 40.5 Å². The molecule has 1 amide bonds. The Hall–Kier alpha value is -2.56. The molecule has 1 saturated heterocycles. The third-order valence-corrected chi connectivity index (χ3v) is 5.29. The van der Waals surface area contributed by atoms with Gasteiger partial charge in [-0.15, -0.1) is 0 Å². The number of ketones is 1. The lowest BCUT2D eigenvalue weighted by Crippen LogP contribution is -2.49. The first-order valence-corrected chi connectivity index (χ1v) is 9.75. The molecule has 0 aliphatic carbocycles. The Morgan fingerprint density at radius 2 is 1.81 bits per heavy atom. The molecule has 1 N–H and O–H groups in total. The van der Waals surface area contributed by atoms with Crippen molar-refractivity contribution >= 4 is 17.4 Å². The summed E-state index contributed by atoms with van der Waals surface area (Å²) in [6, 6.07) is 8.48. The van der Waals surface area contributed by atoms with Gasteiger partial charge < -0.3 is 14.8 Å². The third-order valence-electron chi connectivity index (χ3n) is 5.29. The lowest BCUT2D eigenvalue weighted by Gasteiger charge is -2.36. The fourth-order valence-corrected chi connectivity index (χ4v) is 3.99. The van der Waals surface area contributed by atoms with Gasteiger partial charge in [0.1, 0.15) is 5.69 Å². The van der Waals surface area contributed by atoms with Gasteiger partial charge in [0.05, 0.1) is 0 Å². The van der Waals surface area contributed by atoms with Crippen LogP contribution >= 0.6 is 0 Å². The van der Waals surface area contributed by atoms with Crippen molar-refractivity contribution in [3.8, 4) is 0 Å². The van der Waals surface area contributed by atoms with Crippen LogP contribution in [0.25, 0.3) is 0 Å². The van der Waals surface area contributed by atoms with Crippen LogP contribution in [0.4, 0.5) is 5.69 Å². The maximum Gasteiger partial charge on any atom is 0.270 e. The molecule has 27 heavy (non-hydrogen) atoms. The average Bonchev–Trinajstić information content (AvgIpc) is 2.98. The van der Waals surface area contributed by atoms with Crippen LogP contribution in [0.5, 0.6) is 0 Å². The zero-order valence-corrected chi connectivity index (χ0v) is 16.8. The molecule has 2 aromatic rings.